The molecule has 10 heteroatoms. The van der Waals surface area contributed by atoms with Gasteiger partial charge in [-0.2, -0.15) is 10.2 Å². The number of carboxylic acid groups (broad SMARTS) is 1. The Morgan fingerprint density at radius 1 is 1.26 bits per heavy atom. The molecule has 0 aromatic carbocycles. The maximum atomic E-state index is 12.0. The van der Waals surface area contributed by atoms with E-state index in [-0.39, 0.29) is 23.8 Å². The van der Waals surface area contributed by atoms with E-state index < -0.39 is 6.09 Å². The summed E-state index contributed by atoms with van der Waals surface area (Å²) in [4.78, 5) is 24.7. The van der Waals surface area contributed by atoms with Crippen LogP contribution in [0.15, 0.2) is 30.6 Å². The number of aromatic nitrogens is 4. The van der Waals surface area contributed by atoms with E-state index >= 15 is 0 Å². The van der Waals surface area contributed by atoms with Gasteiger partial charge in [0.1, 0.15) is 11.8 Å². The number of carbonyl (C=O) groups excluding carboxylic acids is 1. The lowest BCUT2D eigenvalue weighted by molar-refractivity contribution is -0.117. The van der Waals surface area contributed by atoms with E-state index in [0.717, 1.165) is 29.6 Å². The Kier molecular flexibility index (Phi) is 4.57. The first-order valence-electron chi connectivity index (χ1n) is 10.4. The van der Waals surface area contributed by atoms with Gasteiger partial charge >= 0.3 is 6.09 Å². The molecule has 1 aliphatic heterocycles. The Labute approximate surface area is 178 Å². The minimum absolute atomic E-state index is 0.0204. The zero-order valence-electron chi connectivity index (χ0n) is 17.4. The molecular formula is C21H24N6O4. The number of ether oxygens (including phenoxy) is 1. The van der Waals surface area contributed by atoms with Crippen LogP contribution in [0.3, 0.4) is 0 Å². The molecule has 10 nitrogen and oxygen atoms in total. The van der Waals surface area contributed by atoms with E-state index in [9.17, 15) is 14.7 Å². The molecule has 2 atom stereocenters. The van der Waals surface area contributed by atoms with E-state index in [2.05, 4.69) is 15.5 Å². The van der Waals surface area contributed by atoms with Crippen LogP contribution in [-0.2, 0) is 11.8 Å². The molecule has 4 heterocycles. The van der Waals surface area contributed by atoms with Crippen LogP contribution < -0.4 is 10.1 Å². The lowest BCUT2D eigenvalue weighted by Gasteiger charge is -2.17. The predicted molar refractivity (Wildman–Crippen MR) is 112 cm³/mol. The Balaban J connectivity index is 1.40. The number of carbonyl (C=O) groups is 2. The van der Waals surface area contributed by atoms with Gasteiger partial charge in [0.15, 0.2) is 11.6 Å². The SMILES string of the molecule is CC1CN(C(=O)O)CC1Oc1cnn(C)c1-c1ccn2nc(NC(=O)C3CC3)cc2c1. The van der Waals surface area contributed by atoms with Crippen LogP contribution in [0.2, 0.25) is 0 Å². The summed E-state index contributed by atoms with van der Waals surface area (Å²) in [6.07, 6.45) is 4.21. The molecule has 31 heavy (non-hydrogen) atoms. The van der Waals surface area contributed by atoms with Gasteiger partial charge in [-0.05, 0) is 25.0 Å². The van der Waals surface area contributed by atoms with E-state index in [1.54, 1.807) is 15.4 Å². The van der Waals surface area contributed by atoms with E-state index in [1.165, 1.54) is 4.90 Å². The molecule has 1 aliphatic carbocycles. The molecular weight excluding hydrogens is 400 g/mol. The highest BCUT2D eigenvalue weighted by molar-refractivity contribution is 5.93. The second-order valence-electron chi connectivity index (χ2n) is 8.38. The van der Waals surface area contributed by atoms with Gasteiger partial charge in [-0.25, -0.2) is 9.31 Å². The average Bonchev–Trinajstić information content (AvgIpc) is 3.28. The van der Waals surface area contributed by atoms with Gasteiger partial charge in [0.25, 0.3) is 0 Å². The first kappa shape index (κ1) is 19.4. The number of likely N-dealkylation sites (tertiary alicyclic amines) is 1. The molecule has 5 rings (SSSR count). The zero-order valence-corrected chi connectivity index (χ0v) is 17.4. The molecule has 2 fully saturated rings. The second kappa shape index (κ2) is 7.29. The second-order valence-corrected chi connectivity index (χ2v) is 8.38. The van der Waals surface area contributed by atoms with Crippen LogP contribution in [0.4, 0.5) is 10.6 Å². The number of nitrogens with one attached hydrogen (secondary N) is 1. The number of amides is 2. The number of anilines is 1. The summed E-state index contributed by atoms with van der Waals surface area (Å²) in [5, 5.41) is 20.9. The third-order valence-electron chi connectivity index (χ3n) is 5.93. The molecule has 162 valence electrons. The van der Waals surface area contributed by atoms with Gasteiger partial charge < -0.3 is 20.1 Å². The fourth-order valence-corrected chi connectivity index (χ4v) is 4.02. The van der Waals surface area contributed by atoms with Crippen molar-refractivity contribution in [2.45, 2.75) is 25.9 Å². The van der Waals surface area contributed by atoms with Gasteiger partial charge in [0.2, 0.25) is 5.91 Å². The van der Waals surface area contributed by atoms with Gasteiger partial charge in [0.05, 0.1) is 18.3 Å². The number of aryl methyl sites for hydroxylation is 1. The van der Waals surface area contributed by atoms with Gasteiger partial charge in [0, 0.05) is 43.3 Å². The Morgan fingerprint density at radius 3 is 2.77 bits per heavy atom. The molecule has 2 N–H and O–H groups in total. The fraction of sp³-hybridized carbons (Fsp3) is 0.429. The van der Waals surface area contributed by atoms with E-state index in [4.69, 9.17) is 4.74 Å². The number of pyridine rings is 1. The number of hydrogen-bond acceptors (Lipinski definition) is 5. The minimum atomic E-state index is -0.930. The summed E-state index contributed by atoms with van der Waals surface area (Å²) in [5.74, 6) is 1.36. The molecule has 1 saturated heterocycles. The third-order valence-corrected chi connectivity index (χ3v) is 5.93. The quantitative estimate of drug-likeness (QED) is 0.650. The molecule has 3 aromatic heterocycles. The maximum absolute atomic E-state index is 12.0. The lowest BCUT2D eigenvalue weighted by Crippen LogP contribution is -2.29. The highest BCUT2D eigenvalue weighted by Crippen LogP contribution is 2.34. The summed E-state index contributed by atoms with van der Waals surface area (Å²) < 4.78 is 9.66. The molecule has 0 bridgehead atoms. The number of nitrogens with zero attached hydrogens (tertiary/aromatic N) is 5. The van der Waals surface area contributed by atoms with Crippen molar-refractivity contribution in [3.63, 3.8) is 0 Å². The van der Waals surface area contributed by atoms with Crippen LogP contribution in [0.1, 0.15) is 19.8 Å². The molecule has 0 spiro atoms. The van der Waals surface area contributed by atoms with Crippen LogP contribution in [-0.4, -0.2) is 60.6 Å². The van der Waals surface area contributed by atoms with Crippen molar-refractivity contribution in [2.75, 3.05) is 18.4 Å². The van der Waals surface area contributed by atoms with E-state index in [0.29, 0.717) is 24.7 Å². The molecule has 2 amide bonds. The Hall–Kier alpha value is -3.56. The normalized spacial score (nSPS) is 20.9. The smallest absolute Gasteiger partial charge is 0.407 e. The van der Waals surface area contributed by atoms with Crippen molar-refractivity contribution in [3.05, 3.63) is 30.6 Å². The van der Waals surface area contributed by atoms with Crippen LogP contribution in [0.5, 0.6) is 5.75 Å². The van der Waals surface area contributed by atoms with Crippen molar-refractivity contribution in [3.8, 4) is 17.0 Å². The summed E-state index contributed by atoms with van der Waals surface area (Å²) in [6.45, 7) is 2.77. The first-order chi connectivity index (χ1) is 14.9. The summed E-state index contributed by atoms with van der Waals surface area (Å²) in [6, 6.07) is 5.72. The van der Waals surface area contributed by atoms with Crippen molar-refractivity contribution < 1.29 is 19.4 Å². The first-order valence-corrected chi connectivity index (χ1v) is 10.4. The van der Waals surface area contributed by atoms with Gasteiger partial charge in [-0.3, -0.25) is 9.48 Å². The zero-order chi connectivity index (χ0) is 21.7. The van der Waals surface area contributed by atoms with Crippen LogP contribution in [0.25, 0.3) is 16.8 Å². The Morgan fingerprint density at radius 2 is 2.06 bits per heavy atom. The van der Waals surface area contributed by atoms with Crippen LogP contribution in [0, 0.1) is 11.8 Å². The van der Waals surface area contributed by atoms with Crippen molar-refractivity contribution in [2.24, 2.45) is 18.9 Å². The number of hydrogen-bond donors (Lipinski definition) is 2. The van der Waals surface area contributed by atoms with Gasteiger partial charge in [-0.15, -0.1) is 0 Å². The van der Waals surface area contributed by atoms with E-state index in [1.807, 2.05) is 38.4 Å². The van der Waals surface area contributed by atoms with Crippen LogP contribution >= 0.6 is 0 Å². The Bertz CT molecular complexity index is 1160. The fourth-order valence-electron chi connectivity index (χ4n) is 4.02. The molecule has 0 radical (unpaired) electrons. The highest BCUT2D eigenvalue weighted by atomic mass is 16.5. The number of fused-ring (bicyclic) bond motifs is 1. The topological polar surface area (TPSA) is 114 Å². The maximum Gasteiger partial charge on any atom is 0.407 e. The molecule has 2 unspecified atom stereocenters. The number of rotatable bonds is 5. The molecule has 3 aromatic rings. The van der Waals surface area contributed by atoms with Gasteiger partial charge in [-0.1, -0.05) is 6.92 Å². The molecule has 2 aliphatic rings. The summed E-state index contributed by atoms with van der Waals surface area (Å²) in [7, 11) is 1.84. The average molecular weight is 424 g/mol. The molecule has 1 saturated carbocycles. The predicted octanol–water partition coefficient (Wildman–Crippen LogP) is 2.46. The minimum Gasteiger partial charge on any atom is -0.484 e. The lowest BCUT2D eigenvalue weighted by atomic mass is 10.1. The summed E-state index contributed by atoms with van der Waals surface area (Å²) in [5.41, 5.74) is 2.53. The highest BCUT2D eigenvalue weighted by Gasteiger charge is 2.35. The van der Waals surface area contributed by atoms with Crippen molar-refractivity contribution >= 4 is 23.3 Å². The summed E-state index contributed by atoms with van der Waals surface area (Å²) >= 11 is 0. The standard InChI is InChI=1S/C21H24N6O4/c1-12-10-26(21(29)30)11-17(12)31-16-9-22-25(2)19(16)14-5-6-27-15(7-14)8-18(24-27)23-20(28)13-3-4-13/h5-9,12-13,17H,3-4,10-11H2,1-2H3,(H,29,30)(H,23,24,28). The largest absolute Gasteiger partial charge is 0.484 e. The third kappa shape index (κ3) is 3.69. The monoisotopic (exact) mass is 424 g/mol. The van der Waals surface area contributed by atoms with Crippen molar-refractivity contribution in [1.82, 2.24) is 24.3 Å². The van der Waals surface area contributed by atoms with Crippen molar-refractivity contribution in [1.29, 1.82) is 0 Å².